The van der Waals surface area contributed by atoms with E-state index in [4.69, 9.17) is 0 Å². The molecular formula is C21H27N5O6. The van der Waals surface area contributed by atoms with Gasteiger partial charge in [0.1, 0.15) is 12.1 Å². The predicted octanol–water partition coefficient (Wildman–Crippen LogP) is -0.224. The Morgan fingerprint density at radius 3 is 2.28 bits per heavy atom. The van der Waals surface area contributed by atoms with Crippen molar-refractivity contribution in [2.45, 2.75) is 38.8 Å². The van der Waals surface area contributed by atoms with Crippen molar-refractivity contribution in [3.63, 3.8) is 0 Å². The average molecular weight is 445 g/mol. The molecule has 11 nitrogen and oxygen atoms in total. The monoisotopic (exact) mass is 445 g/mol. The van der Waals surface area contributed by atoms with E-state index in [9.17, 15) is 29.1 Å². The van der Waals surface area contributed by atoms with Gasteiger partial charge in [0, 0.05) is 23.9 Å². The first-order valence-electron chi connectivity index (χ1n) is 10.1. The summed E-state index contributed by atoms with van der Waals surface area (Å²) in [4.78, 5) is 65.0. The van der Waals surface area contributed by atoms with E-state index >= 15 is 0 Å². The first kappa shape index (κ1) is 24.4. The lowest BCUT2D eigenvalue weighted by atomic mass is 10.0. The van der Waals surface area contributed by atoms with Crippen LogP contribution in [-0.2, 0) is 20.8 Å². The summed E-state index contributed by atoms with van der Waals surface area (Å²) in [5.41, 5.74) is 0.237. The van der Waals surface area contributed by atoms with Crippen molar-refractivity contribution in [2.75, 3.05) is 6.54 Å². The molecule has 1 heterocycles. The maximum absolute atomic E-state index is 12.8. The van der Waals surface area contributed by atoms with Gasteiger partial charge in [-0.1, -0.05) is 32.0 Å². The molecule has 1 aromatic heterocycles. The Bertz CT molecular complexity index is 997. The topological polar surface area (TPSA) is 173 Å². The van der Waals surface area contributed by atoms with Gasteiger partial charge in [-0.05, 0) is 24.5 Å². The average Bonchev–Trinajstić information content (AvgIpc) is 3.15. The van der Waals surface area contributed by atoms with Crippen LogP contribution in [0.25, 0.3) is 0 Å². The van der Waals surface area contributed by atoms with E-state index in [0.717, 1.165) is 0 Å². The van der Waals surface area contributed by atoms with Gasteiger partial charge in [0.05, 0.1) is 6.54 Å². The van der Waals surface area contributed by atoms with Crippen LogP contribution in [0.1, 0.15) is 36.3 Å². The van der Waals surface area contributed by atoms with Crippen molar-refractivity contribution < 1.29 is 24.3 Å². The van der Waals surface area contributed by atoms with E-state index in [1.807, 2.05) is 13.8 Å². The van der Waals surface area contributed by atoms with Crippen LogP contribution in [-0.4, -0.2) is 57.4 Å². The summed E-state index contributed by atoms with van der Waals surface area (Å²) in [6.45, 7) is 3.25. The number of aliphatic carboxylic acids is 1. The number of nitrogens with one attached hydrogen (secondary N) is 5. The molecule has 0 aliphatic rings. The zero-order valence-corrected chi connectivity index (χ0v) is 17.8. The Balaban J connectivity index is 2.05. The summed E-state index contributed by atoms with van der Waals surface area (Å²) in [6, 6.07) is 5.99. The highest BCUT2D eigenvalue weighted by Crippen LogP contribution is 2.06. The Kier molecular flexibility index (Phi) is 8.75. The summed E-state index contributed by atoms with van der Waals surface area (Å²) < 4.78 is 0. The fourth-order valence-electron chi connectivity index (χ4n) is 2.97. The minimum Gasteiger partial charge on any atom is -0.480 e. The molecule has 0 spiro atoms. The van der Waals surface area contributed by atoms with Crippen molar-refractivity contribution in [3.8, 4) is 0 Å². The lowest BCUT2D eigenvalue weighted by Crippen LogP contribution is -2.54. The quantitative estimate of drug-likeness (QED) is 0.279. The molecule has 1 aromatic carbocycles. The molecule has 2 rings (SSSR count). The lowest BCUT2D eigenvalue weighted by Gasteiger charge is -2.22. The number of amides is 3. The van der Waals surface area contributed by atoms with Crippen LogP contribution in [0.2, 0.25) is 0 Å². The van der Waals surface area contributed by atoms with Gasteiger partial charge in [-0.2, -0.15) is 0 Å². The number of carbonyl (C=O) groups is 4. The fraction of sp³-hybridized carbons (Fsp3) is 0.381. The number of carboxylic acid groups (broad SMARTS) is 1. The molecule has 0 aliphatic carbocycles. The van der Waals surface area contributed by atoms with E-state index < -0.39 is 48.0 Å². The number of carboxylic acids is 1. The molecule has 0 saturated carbocycles. The van der Waals surface area contributed by atoms with E-state index in [2.05, 4.69) is 25.9 Å². The molecule has 2 atom stereocenters. The number of aromatic nitrogens is 2. The molecule has 2 aromatic rings. The minimum absolute atomic E-state index is 0.0127. The van der Waals surface area contributed by atoms with Gasteiger partial charge in [-0.15, -0.1) is 0 Å². The van der Waals surface area contributed by atoms with E-state index in [0.29, 0.717) is 11.3 Å². The predicted molar refractivity (Wildman–Crippen MR) is 115 cm³/mol. The van der Waals surface area contributed by atoms with Crippen molar-refractivity contribution >= 4 is 23.7 Å². The number of H-pyrrole nitrogens is 2. The van der Waals surface area contributed by atoms with E-state index in [1.165, 1.54) is 6.20 Å². The summed E-state index contributed by atoms with van der Waals surface area (Å²) in [6.07, 6.45) is 1.47. The molecule has 11 heteroatoms. The maximum Gasteiger partial charge on any atom is 0.326 e. The molecule has 0 fully saturated rings. The SMILES string of the molecule is CC(C)C[C@H](NC(=O)[C@H](Cc1c[nH]c(=O)[nH]1)NC(=O)CNC(=O)c1ccccc1)C(=O)O. The third kappa shape index (κ3) is 7.74. The second-order valence-electron chi connectivity index (χ2n) is 7.67. The number of benzene rings is 1. The van der Waals surface area contributed by atoms with Crippen molar-refractivity contribution in [2.24, 2.45) is 5.92 Å². The molecule has 0 saturated heterocycles. The van der Waals surface area contributed by atoms with Crippen molar-refractivity contribution in [1.82, 2.24) is 25.9 Å². The standard InChI is InChI=1S/C21H27N5O6/c1-12(2)8-16(20(30)31)26-19(29)15(9-14-10-23-21(32)24-14)25-17(27)11-22-18(28)13-6-4-3-5-7-13/h3-7,10,12,15-16H,8-9,11H2,1-2H3,(H,22,28)(H,25,27)(H,26,29)(H,30,31)(H2,23,24,32)/t15-,16-/m0/s1. The molecule has 0 radical (unpaired) electrons. The molecule has 172 valence electrons. The lowest BCUT2D eigenvalue weighted by molar-refractivity contribution is -0.142. The highest BCUT2D eigenvalue weighted by atomic mass is 16.4. The summed E-state index contributed by atoms with van der Waals surface area (Å²) >= 11 is 0. The first-order chi connectivity index (χ1) is 15.2. The summed E-state index contributed by atoms with van der Waals surface area (Å²) in [5, 5.41) is 16.7. The van der Waals surface area contributed by atoms with Gasteiger partial charge in [-0.3, -0.25) is 14.4 Å². The third-order valence-corrected chi connectivity index (χ3v) is 4.49. The third-order valence-electron chi connectivity index (χ3n) is 4.49. The maximum atomic E-state index is 12.8. The fourth-order valence-corrected chi connectivity index (χ4v) is 2.97. The van der Waals surface area contributed by atoms with Crippen molar-refractivity contribution in [1.29, 1.82) is 0 Å². The second kappa shape index (κ2) is 11.5. The number of carbonyl (C=O) groups excluding carboxylic acids is 3. The van der Waals surface area contributed by atoms with Gasteiger partial charge in [0.2, 0.25) is 11.8 Å². The highest BCUT2D eigenvalue weighted by Gasteiger charge is 2.27. The van der Waals surface area contributed by atoms with Gasteiger partial charge in [0.25, 0.3) is 5.91 Å². The molecule has 6 N–H and O–H groups in total. The second-order valence-corrected chi connectivity index (χ2v) is 7.67. The van der Waals surface area contributed by atoms with Crippen LogP contribution in [0.4, 0.5) is 0 Å². The Labute approximate surface area is 184 Å². The zero-order valence-electron chi connectivity index (χ0n) is 17.8. The van der Waals surface area contributed by atoms with Gasteiger partial charge in [-0.25, -0.2) is 9.59 Å². The van der Waals surface area contributed by atoms with Gasteiger partial charge >= 0.3 is 11.7 Å². The van der Waals surface area contributed by atoms with Crippen LogP contribution in [0.5, 0.6) is 0 Å². The summed E-state index contributed by atoms with van der Waals surface area (Å²) in [5.74, 6) is -3.01. The number of hydrogen-bond acceptors (Lipinski definition) is 5. The van der Waals surface area contributed by atoms with Crippen molar-refractivity contribution in [3.05, 3.63) is 58.3 Å². The summed E-state index contributed by atoms with van der Waals surface area (Å²) in [7, 11) is 0. The Morgan fingerprint density at radius 1 is 1.03 bits per heavy atom. The van der Waals surface area contributed by atoms with E-state index in [1.54, 1.807) is 30.3 Å². The van der Waals surface area contributed by atoms with Gasteiger partial charge in [0.15, 0.2) is 0 Å². The molecule has 3 amide bonds. The number of rotatable bonds is 11. The largest absolute Gasteiger partial charge is 0.480 e. The van der Waals surface area contributed by atoms with Crippen LogP contribution in [0, 0.1) is 5.92 Å². The smallest absolute Gasteiger partial charge is 0.326 e. The normalized spacial score (nSPS) is 12.6. The number of imidazole rings is 1. The number of aromatic amines is 2. The molecule has 0 unspecified atom stereocenters. The zero-order chi connectivity index (χ0) is 23.7. The van der Waals surface area contributed by atoms with Crippen LogP contribution >= 0.6 is 0 Å². The van der Waals surface area contributed by atoms with Gasteiger partial charge < -0.3 is 31.0 Å². The highest BCUT2D eigenvalue weighted by molar-refractivity contribution is 5.97. The van der Waals surface area contributed by atoms with Crippen LogP contribution < -0.4 is 21.6 Å². The molecular weight excluding hydrogens is 418 g/mol. The minimum atomic E-state index is -1.19. The molecule has 0 bridgehead atoms. The first-order valence-corrected chi connectivity index (χ1v) is 10.1. The molecule has 0 aliphatic heterocycles. The number of hydrogen-bond donors (Lipinski definition) is 6. The molecule has 32 heavy (non-hydrogen) atoms. The van der Waals surface area contributed by atoms with E-state index in [-0.39, 0.29) is 18.8 Å². The Morgan fingerprint density at radius 2 is 1.72 bits per heavy atom. The van der Waals surface area contributed by atoms with Crippen LogP contribution in [0.15, 0.2) is 41.3 Å². The van der Waals surface area contributed by atoms with Crippen LogP contribution in [0.3, 0.4) is 0 Å². The Hall–Kier alpha value is -3.89.